The zero-order valence-electron chi connectivity index (χ0n) is 13.5. The van der Waals surface area contributed by atoms with Gasteiger partial charge in [-0.1, -0.05) is 41.4 Å². The number of fused-ring (bicyclic) bond motifs is 6. The summed E-state index contributed by atoms with van der Waals surface area (Å²) in [7, 11) is 0. The van der Waals surface area contributed by atoms with Gasteiger partial charge in [-0.2, -0.15) is 0 Å². The molecular formula is C20H10Cl2O5. The van der Waals surface area contributed by atoms with E-state index >= 15 is 0 Å². The van der Waals surface area contributed by atoms with Crippen molar-refractivity contribution in [2.75, 3.05) is 0 Å². The van der Waals surface area contributed by atoms with E-state index in [4.69, 9.17) is 32.7 Å². The van der Waals surface area contributed by atoms with Gasteiger partial charge < -0.3 is 19.7 Å². The minimum atomic E-state index is -1.40. The van der Waals surface area contributed by atoms with Crippen molar-refractivity contribution < 1.29 is 24.5 Å². The molecule has 3 aromatic rings. The van der Waals surface area contributed by atoms with E-state index in [0.717, 1.165) is 0 Å². The summed E-state index contributed by atoms with van der Waals surface area (Å²) in [5, 5.41) is 20.2. The molecule has 0 fully saturated rings. The van der Waals surface area contributed by atoms with E-state index in [9.17, 15) is 15.0 Å². The fourth-order valence-electron chi connectivity index (χ4n) is 3.75. The maximum Gasteiger partial charge on any atom is 0.340 e. The molecule has 1 unspecified atom stereocenters. The fourth-order valence-corrected chi connectivity index (χ4v) is 4.25. The van der Waals surface area contributed by atoms with Crippen LogP contribution in [-0.4, -0.2) is 16.2 Å². The third kappa shape index (κ3) is 2.04. The SMILES string of the molecule is O=C1OC2(c3cc(Cl)c(O)cc3Oc3cc(O)cc(Cl)c32)c2ccccc21. The molecule has 0 saturated carbocycles. The summed E-state index contributed by atoms with van der Waals surface area (Å²) in [6, 6.07) is 12.5. The Kier molecular flexibility index (Phi) is 3.21. The molecule has 0 radical (unpaired) electrons. The lowest BCUT2D eigenvalue weighted by Gasteiger charge is -2.37. The Morgan fingerprint density at radius 2 is 1.67 bits per heavy atom. The van der Waals surface area contributed by atoms with Gasteiger partial charge in [-0.15, -0.1) is 0 Å². The normalized spacial score (nSPS) is 19.1. The van der Waals surface area contributed by atoms with Crippen LogP contribution in [0.4, 0.5) is 0 Å². The van der Waals surface area contributed by atoms with Gasteiger partial charge >= 0.3 is 5.97 Å². The smallest absolute Gasteiger partial charge is 0.340 e. The number of hydrogen-bond donors (Lipinski definition) is 2. The van der Waals surface area contributed by atoms with E-state index in [2.05, 4.69) is 0 Å². The Morgan fingerprint density at radius 1 is 0.889 bits per heavy atom. The van der Waals surface area contributed by atoms with Crippen molar-refractivity contribution in [1.82, 2.24) is 0 Å². The molecule has 2 aliphatic rings. The Hall–Kier alpha value is -2.89. The molecule has 2 N–H and O–H groups in total. The number of esters is 1. The molecule has 2 heterocycles. The zero-order valence-corrected chi connectivity index (χ0v) is 15.0. The molecule has 0 saturated heterocycles. The molecule has 1 spiro atoms. The van der Waals surface area contributed by atoms with Crippen molar-refractivity contribution in [2.45, 2.75) is 5.60 Å². The molecule has 27 heavy (non-hydrogen) atoms. The third-order valence-electron chi connectivity index (χ3n) is 4.81. The van der Waals surface area contributed by atoms with Crippen LogP contribution < -0.4 is 4.74 Å². The predicted molar refractivity (Wildman–Crippen MR) is 98.0 cm³/mol. The molecule has 134 valence electrons. The quantitative estimate of drug-likeness (QED) is 0.520. The maximum atomic E-state index is 12.7. The Balaban J connectivity index is 1.96. The van der Waals surface area contributed by atoms with Crippen LogP contribution in [0.25, 0.3) is 0 Å². The lowest BCUT2D eigenvalue weighted by atomic mass is 9.77. The van der Waals surface area contributed by atoms with Crippen molar-refractivity contribution in [2.24, 2.45) is 0 Å². The first kappa shape index (κ1) is 16.3. The van der Waals surface area contributed by atoms with E-state index in [1.54, 1.807) is 24.3 Å². The highest BCUT2D eigenvalue weighted by Gasteiger charge is 2.55. The first-order valence-corrected chi connectivity index (χ1v) is 8.74. The fraction of sp³-hybridized carbons (Fsp3) is 0.0500. The Labute approximate surface area is 163 Å². The summed E-state index contributed by atoms with van der Waals surface area (Å²) in [4.78, 5) is 12.7. The minimum Gasteiger partial charge on any atom is -0.508 e. The predicted octanol–water partition coefficient (Wildman–Crippen LogP) is 4.97. The zero-order chi connectivity index (χ0) is 18.9. The van der Waals surface area contributed by atoms with E-state index in [1.807, 2.05) is 0 Å². The lowest BCUT2D eigenvalue weighted by Crippen LogP contribution is -2.33. The molecule has 0 amide bonds. The summed E-state index contributed by atoms with van der Waals surface area (Å²) in [6.07, 6.45) is 0. The van der Waals surface area contributed by atoms with Gasteiger partial charge in [-0.05, 0) is 18.2 Å². The van der Waals surface area contributed by atoms with Gasteiger partial charge in [0.1, 0.15) is 23.0 Å². The number of phenolic OH excluding ortho intramolecular Hbond substituents is 2. The molecule has 5 rings (SSSR count). The van der Waals surface area contributed by atoms with Crippen molar-refractivity contribution >= 4 is 29.2 Å². The van der Waals surface area contributed by atoms with Gasteiger partial charge in [0, 0.05) is 23.3 Å². The second-order valence-corrected chi connectivity index (χ2v) is 7.13. The molecule has 7 heteroatoms. The summed E-state index contributed by atoms with van der Waals surface area (Å²) in [5.41, 5.74) is 0.386. The molecule has 0 aromatic heterocycles. The van der Waals surface area contributed by atoms with Crippen LogP contribution >= 0.6 is 23.2 Å². The van der Waals surface area contributed by atoms with Crippen molar-refractivity contribution in [3.05, 3.63) is 80.8 Å². The number of aromatic hydroxyl groups is 2. The average Bonchev–Trinajstić information content (AvgIpc) is 2.90. The van der Waals surface area contributed by atoms with Crippen molar-refractivity contribution in [3.8, 4) is 23.0 Å². The molecular weight excluding hydrogens is 391 g/mol. The molecule has 3 aromatic carbocycles. The van der Waals surface area contributed by atoms with Crippen LogP contribution in [0.2, 0.25) is 10.0 Å². The summed E-state index contributed by atoms with van der Waals surface area (Å²) in [5.74, 6) is -0.335. The molecule has 0 bridgehead atoms. The number of halogens is 2. The van der Waals surface area contributed by atoms with Crippen molar-refractivity contribution in [1.29, 1.82) is 0 Å². The number of ether oxygens (including phenoxy) is 2. The second kappa shape index (κ2) is 5.31. The van der Waals surface area contributed by atoms with Crippen LogP contribution in [0.1, 0.15) is 27.0 Å². The highest BCUT2D eigenvalue weighted by atomic mass is 35.5. The third-order valence-corrected chi connectivity index (χ3v) is 5.41. The molecule has 1 atom stereocenters. The van der Waals surface area contributed by atoms with Gasteiger partial charge in [0.25, 0.3) is 0 Å². The first-order valence-electron chi connectivity index (χ1n) is 7.98. The van der Waals surface area contributed by atoms with Gasteiger partial charge in [0.05, 0.1) is 21.2 Å². The van der Waals surface area contributed by atoms with Crippen LogP contribution in [0, 0.1) is 0 Å². The summed E-state index contributed by atoms with van der Waals surface area (Å²) in [6.45, 7) is 0. The highest BCUT2D eigenvalue weighted by Crippen LogP contribution is 2.59. The topological polar surface area (TPSA) is 76.0 Å². The Bertz CT molecular complexity index is 1160. The monoisotopic (exact) mass is 400 g/mol. The number of hydrogen-bond acceptors (Lipinski definition) is 5. The largest absolute Gasteiger partial charge is 0.508 e. The van der Waals surface area contributed by atoms with Crippen molar-refractivity contribution in [3.63, 3.8) is 0 Å². The van der Waals surface area contributed by atoms with E-state index in [0.29, 0.717) is 22.3 Å². The highest BCUT2D eigenvalue weighted by molar-refractivity contribution is 6.32. The summed E-state index contributed by atoms with van der Waals surface area (Å²) < 4.78 is 11.8. The number of rotatable bonds is 0. The average molecular weight is 401 g/mol. The molecule has 5 nitrogen and oxygen atoms in total. The molecule has 0 aliphatic carbocycles. The second-order valence-electron chi connectivity index (χ2n) is 6.32. The van der Waals surface area contributed by atoms with Gasteiger partial charge in [-0.25, -0.2) is 4.79 Å². The van der Waals surface area contributed by atoms with E-state index in [1.165, 1.54) is 24.3 Å². The molecule has 2 aliphatic heterocycles. The van der Waals surface area contributed by atoms with Gasteiger partial charge in [-0.3, -0.25) is 0 Å². The number of benzene rings is 3. The Morgan fingerprint density at radius 3 is 2.48 bits per heavy atom. The van der Waals surface area contributed by atoms with Crippen LogP contribution in [0.5, 0.6) is 23.0 Å². The van der Waals surface area contributed by atoms with Crippen LogP contribution in [0.15, 0.2) is 48.5 Å². The van der Waals surface area contributed by atoms with Crippen LogP contribution in [-0.2, 0) is 10.3 Å². The number of carbonyl (C=O) groups is 1. The standard InChI is InChI=1S/C20H10Cl2O5/c21-13-7-12-16(8-15(13)24)26-17-6-9(23)5-14(22)18(17)20(12)11-4-2-1-3-10(11)19(25)27-20/h1-8,23-24H. The van der Waals surface area contributed by atoms with Crippen LogP contribution in [0.3, 0.4) is 0 Å². The number of carbonyl (C=O) groups excluding carboxylic acids is 1. The minimum absolute atomic E-state index is 0.0792. The van der Waals surface area contributed by atoms with E-state index in [-0.39, 0.29) is 33.0 Å². The summed E-state index contributed by atoms with van der Waals surface area (Å²) >= 11 is 12.6. The lowest BCUT2D eigenvalue weighted by molar-refractivity contribution is 0.0224. The first-order chi connectivity index (χ1) is 12.9. The van der Waals surface area contributed by atoms with Gasteiger partial charge in [0.15, 0.2) is 5.60 Å². The number of phenols is 2. The maximum absolute atomic E-state index is 12.7. The van der Waals surface area contributed by atoms with Gasteiger partial charge in [0.2, 0.25) is 0 Å². The van der Waals surface area contributed by atoms with E-state index < -0.39 is 11.6 Å².